The molecule has 0 spiro atoms. The van der Waals surface area contributed by atoms with Crippen molar-refractivity contribution in [2.75, 3.05) is 4.90 Å². The average molecular weight is 437 g/mol. The highest BCUT2D eigenvalue weighted by atomic mass is 35.5. The molecule has 1 atom stereocenters. The highest BCUT2D eigenvalue weighted by molar-refractivity contribution is 6.51. The summed E-state index contributed by atoms with van der Waals surface area (Å²) in [5.41, 5.74) is 0.305. The average Bonchev–Trinajstić information content (AvgIpc) is 3.05. The van der Waals surface area contributed by atoms with Crippen LogP contribution in [0.3, 0.4) is 0 Å². The van der Waals surface area contributed by atoms with Gasteiger partial charge in [0.1, 0.15) is 5.76 Å². The van der Waals surface area contributed by atoms with Gasteiger partial charge in [0.15, 0.2) is 0 Å². The third-order valence-electron chi connectivity index (χ3n) is 4.75. The minimum absolute atomic E-state index is 0.0388. The number of carbonyl (C=O) groups excluding carboxylic acids is 2. The number of Topliss-reactive ketones (excluding diaryl/α,β-unsaturated/α-hetero) is 1. The lowest BCUT2D eigenvalue weighted by molar-refractivity contribution is -0.384. The Balaban J connectivity index is 1.92. The van der Waals surface area contributed by atoms with Crippen molar-refractivity contribution < 1.29 is 19.6 Å². The molecule has 1 N–H and O–H groups in total. The van der Waals surface area contributed by atoms with Crippen LogP contribution in [0.4, 0.5) is 11.6 Å². The van der Waals surface area contributed by atoms with Crippen LogP contribution in [0, 0.1) is 10.1 Å². The standard InChI is InChI=1S/C21H13ClN4O5/c22-14-6-2-13(3-7-14)18(27)16-17(12-4-8-15(9-5-12)26(30)31)25(20(29)19(16)28)21-23-10-1-11-24-21/h1-11,17,27H/b18-16+. The van der Waals surface area contributed by atoms with Crippen LogP contribution in [0.15, 0.2) is 72.6 Å². The molecule has 9 nitrogen and oxygen atoms in total. The summed E-state index contributed by atoms with van der Waals surface area (Å²) in [7, 11) is 0. The number of amides is 1. The Hall–Kier alpha value is -4.11. The number of aliphatic hydroxyl groups is 1. The van der Waals surface area contributed by atoms with Crippen LogP contribution >= 0.6 is 11.6 Å². The second-order valence-corrected chi connectivity index (χ2v) is 7.01. The molecule has 1 fully saturated rings. The zero-order valence-corrected chi connectivity index (χ0v) is 16.4. The number of nitro benzene ring substituents is 1. The number of carbonyl (C=O) groups is 2. The van der Waals surface area contributed by atoms with Crippen LogP contribution in [0.2, 0.25) is 5.02 Å². The van der Waals surface area contributed by atoms with Crippen LogP contribution in [-0.2, 0) is 9.59 Å². The van der Waals surface area contributed by atoms with Crippen molar-refractivity contribution in [3.05, 3.63) is 98.8 Å². The minimum atomic E-state index is -1.08. The van der Waals surface area contributed by atoms with Crippen molar-refractivity contribution in [3.63, 3.8) is 0 Å². The van der Waals surface area contributed by atoms with E-state index < -0.39 is 28.4 Å². The normalized spacial score (nSPS) is 17.7. The lowest BCUT2D eigenvalue weighted by atomic mass is 9.95. The molecule has 154 valence electrons. The SMILES string of the molecule is O=C1C(=O)N(c2ncccn2)C(c2ccc([N+](=O)[O-])cc2)/C1=C(\O)c1ccc(Cl)cc1. The van der Waals surface area contributed by atoms with Gasteiger partial charge in [0.25, 0.3) is 11.5 Å². The Morgan fingerprint density at radius 1 is 1.03 bits per heavy atom. The Bertz CT molecular complexity index is 1210. The van der Waals surface area contributed by atoms with Crippen molar-refractivity contribution in [1.82, 2.24) is 9.97 Å². The van der Waals surface area contributed by atoms with Gasteiger partial charge in [-0.15, -0.1) is 0 Å². The Morgan fingerprint density at radius 3 is 2.23 bits per heavy atom. The van der Waals surface area contributed by atoms with Crippen molar-refractivity contribution >= 4 is 40.7 Å². The summed E-state index contributed by atoms with van der Waals surface area (Å²) < 4.78 is 0. The van der Waals surface area contributed by atoms with Gasteiger partial charge in [0.05, 0.1) is 16.5 Å². The largest absolute Gasteiger partial charge is 0.507 e. The monoisotopic (exact) mass is 436 g/mol. The van der Waals surface area contributed by atoms with Gasteiger partial charge in [-0.3, -0.25) is 24.6 Å². The number of hydrogen-bond acceptors (Lipinski definition) is 7. The zero-order valence-electron chi connectivity index (χ0n) is 15.7. The van der Waals surface area contributed by atoms with E-state index in [-0.39, 0.29) is 22.8 Å². The van der Waals surface area contributed by atoms with E-state index in [2.05, 4.69) is 9.97 Å². The van der Waals surface area contributed by atoms with E-state index in [0.29, 0.717) is 10.6 Å². The third kappa shape index (κ3) is 3.62. The first kappa shape index (κ1) is 20.2. The number of aromatic nitrogens is 2. The molecule has 2 heterocycles. The molecule has 2 aromatic carbocycles. The van der Waals surface area contributed by atoms with Crippen LogP contribution in [0.1, 0.15) is 17.2 Å². The van der Waals surface area contributed by atoms with Crippen molar-refractivity contribution in [1.29, 1.82) is 0 Å². The number of non-ortho nitro benzene ring substituents is 1. The molecule has 3 aromatic rings. The summed E-state index contributed by atoms with van der Waals surface area (Å²) in [6.07, 6.45) is 2.82. The van der Waals surface area contributed by atoms with Gasteiger partial charge < -0.3 is 5.11 Å². The number of rotatable bonds is 4. The number of ketones is 1. The molecule has 4 rings (SSSR count). The number of nitrogens with zero attached hydrogens (tertiary/aromatic N) is 4. The fourth-order valence-corrected chi connectivity index (χ4v) is 3.44. The predicted molar refractivity (Wildman–Crippen MR) is 111 cm³/mol. The fourth-order valence-electron chi connectivity index (χ4n) is 3.31. The molecule has 1 aliphatic rings. The fraction of sp³-hybridized carbons (Fsp3) is 0.0476. The summed E-state index contributed by atoms with van der Waals surface area (Å²) in [5.74, 6) is -2.30. The first-order valence-corrected chi connectivity index (χ1v) is 9.34. The van der Waals surface area contributed by atoms with E-state index in [9.17, 15) is 24.8 Å². The van der Waals surface area contributed by atoms with E-state index in [1.54, 1.807) is 6.07 Å². The molecule has 10 heteroatoms. The van der Waals surface area contributed by atoms with Gasteiger partial charge in [0, 0.05) is 35.1 Å². The van der Waals surface area contributed by atoms with E-state index in [1.807, 2.05) is 0 Å². The van der Waals surface area contributed by atoms with E-state index in [1.165, 1.54) is 60.9 Å². The molecule has 31 heavy (non-hydrogen) atoms. The highest BCUT2D eigenvalue weighted by Crippen LogP contribution is 2.41. The molecule has 0 saturated carbocycles. The summed E-state index contributed by atoms with van der Waals surface area (Å²) in [5, 5.41) is 22.4. The van der Waals surface area contributed by atoms with Crippen molar-refractivity contribution in [2.45, 2.75) is 6.04 Å². The molecule has 1 amide bonds. The lowest BCUT2D eigenvalue weighted by Gasteiger charge is -2.23. The summed E-state index contributed by atoms with van der Waals surface area (Å²) in [4.78, 5) is 45.4. The van der Waals surface area contributed by atoms with Crippen LogP contribution in [0.5, 0.6) is 0 Å². The van der Waals surface area contributed by atoms with Crippen LogP contribution < -0.4 is 4.90 Å². The van der Waals surface area contributed by atoms with E-state index in [4.69, 9.17) is 11.6 Å². The van der Waals surface area contributed by atoms with Gasteiger partial charge in [0.2, 0.25) is 5.95 Å². The maximum Gasteiger partial charge on any atom is 0.302 e. The smallest absolute Gasteiger partial charge is 0.302 e. The first-order valence-electron chi connectivity index (χ1n) is 8.97. The Kier molecular flexibility index (Phi) is 5.18. The van der Waals surface area contributed by atoms with Gasteiger partial charge in [-0.1, -0.05) is 11.6 Å². The Morgan fingerprint density at radius 2 is 1.65 bits per heavy atom. The van der Waals surface area contributed by atoms with Crippen LogP contribution in [0.25, 0.3) is 5.76 Å². The quantitative estimate of drug-likeness (QED) is 0.217. The number of nitro groups is 1. The topological polar surface area (TPSA) is 127 Å². The van der Waals surface area contributed by atoms with Crippen molar-refractivity contribution in [2.24, 2.45) is 0 Å². The number of halogens is 1. The zero-order chi connectivity index (χ0) is 22.1. The van der Waals surface area contributed by atoms with E-state index in [0.717, 1.165) is 4.90 Å². The molecular weight excluding hydrogens is 424 g/mol. The number of benzene rings is 2. The molecule has 1 aromatic heterocycles. The second-order valence-electron chi connectivity index (χ2n) is 6.57. The molecule has 1 saturated heterocycles. The first-order chi connectivity index (χ1) is 14.9. The molecule has 1 aliphatic heterocycles. The second kappa shape index (κ2) is 7.96. The van der Waals surface area contributed by atoms with Gasteiger partial charge in [-0.25, -0.2) is 9.97 Å². The molecule has 0 aliphatic carbocycles. The van der Waals surface area contributed by atoms with Gasteiger partial charge >= 0.3 is 5.91 Å². The molecule has 1 unspecified atom stereocenters. The molecule has 0 radical (unpaired) electrons. The maximum atomic E-state index is 12.9. The number of aliphatic hydroxyl groups excluding tert-OH is 1. The third-order valence-corrected chi connectivity index (χ3v) is 5.00. The number of anilines is 1. The minimum Gasteiger partial charge on any atom is -0.507 e. The predicted octanol–water partition coefficient (Wildman–Crippen LogP) is 3.66. The maximum absolute atomic E-state index is 12.9. The van der Waals surface area contributed by atoms with Gasteiger partial charge in [-0.2, -0.15) is 0 Å². The number of hydrogen-bond donors (Lipinski definition) is 1. The summed E-state index contributed by atoms with van der Waals surface area (Å²) in [6, 6.07) is 11.9. The molecule has 0 bridgehead atoms. The lowest BCUT2D eigenvalue weighted by Crippen LogP contribution is -2.31. The molecular formula is C21H13ClN4O5. The highest BCUT2D eigenvalue weighted by Gasteiger charge is 2.48. The van der Waals surface area contributed by atoms with E-state index >= 15 is 0 Å². The Labute approximate surface area is 180 Å². The summed E-state index contributed by atoms with van der Waals surface area (Å²) >= 11 is 5.90. The van der Waals surface area contributed by atoms with Gasteiger partial charge in [-0.05, 0) is 48.0 Å². The van der Waals surface area contributed by atoms with Crippen LogP contribution in [-0.4, -0.2) is 31.7 Å². The summed E-state index contributed by atoms with van der Waals surface area (Å²) in [6.45, 7) is 0. The van der Waals surface area contributed by atoms with Crippen molar-refractivity contribution in [3.8, 4) is 0 Å².